The number of amides is 1. The molecule has 144 valence electrons. The summed E-state index contributed by atoms with van der Waals surface area (Å²) in [6.45, 7) is 2.03. The lowest BCUT2D eigenvalue weighted by Gasteiger charge is -2.31. The number of anilines is 2. The molecule has 7 nitrogen and oxygen atoms in total. The second kappa shape index (κ2) is 8.22. The number of nitrogens with zero attached hydrogens (tertiary/aromatic N) is 3. The smallest absolute Gasteiger partial charge is 0.259 e. The van der Waals surface area contributed by atoms with Crippen molar-refractivity contribution in [1.82, 2.24) is 20.1 Å². The average Bonchev–Trinajstić information content (AvgIpc) is 3.18. The molecule has 0 saturated carbocycles. The number of carbonyl (C=O) groups is 1. The highest BCUT2D eigenvalue weighted by atomic mass is 16.1. The Hall–Kier alpha value is -3.19. The Kier molecular flexibility index (Phi) is 5.34. The van der Waals surface area contributed by atoms with E-state index in [1.807, 2.05) is 16.9 Å². The third-order valence-corrected chi connectivity index (χ3v) is 5.20. The second-order valence-electron chi connectivity index (χ2n) is 7.04. The van der Waals surface area contributed by atoms with Crippen LogP contribution >= 0.6 is 0 Å². The lowest BCUT2D eigenvalue weighted by atomic mass is 9.86. The third-order valence-electron chi connectivity index (χ3n) is 5.20. The van der Waals surface area contributed by atoms with Gasteiger partial charge in [-0.1, -0.05) is 30.3 Å². The Labute approximate surface area is 164 Å². The largest absolute Gasteiger partial charge is 0.383 e. The van der Waals surface area contributed by atoms with Crippen molar-refractivity contribution in [2.75, 3.05) is 24.1 Å². The van der Waals surface area contributed by atoms with Gasteiger partial charge in [0.1, 0.15) is 5.82 Å². The van der Waals surface area contributed by atoms with Crippen molar-refractivity contribution in [3.8, 4) is 0 Å². The van der Waals surface area contributed by atoms with E-state index in [-0.39, 0.29) is 17.8 Å². The number of nitrogens with two attached hydrogens (primary N) is 1. The number of nitrogen functional groups attached to an aromatic ring is 1. The number of nitrogens with one attached hydrogen (secondary N) is 2. The zero-order valence-electron chi connectivity index (χ0n) is 15.6. The van der Waals surface area contributed by atoms with Gasteiger partial charge in [0.05, 0.1) is 23.5 Å². The van der Waals surface area contributed by atoms with Crippen molar-refractivity contribution < 1.29 is 4.79 Å². The van der Waals surface area contributed by atoms with Crippen LogP contribution in [0.25, 0.3) is 0 Å². The highest BCUT2D eigenvalue weighted by Crippen LogP contribution is 2.32. The van der Waals surface area contributed by atoms with Crippen LogP contribution in [0.3, 0.4) is 0 Å². The molecule has 1 unspecified atom stereocenters. The molecule has 1 amide bonds. The average molecular weight is 376 g/mol. The number of aromatic nitrogens is 3. The van der Waals surface area contributed by atoms with Crippen LogP contribution in [0.4, 0.5) is 11.5 Å². The predicted molar refractivity (Wildman–Crippen MR) is 109 cm³/mol. The van der Waals surface area contributed by atoms with Gasteiger partial charge in [-0.2, -0.15) is 5.10 Å². The van der Waals surface area contributed by atoms with Crippen molar-refractivity contribution in [1.29, 1.82) is 0 Å². The first kappa shape index (κ1) is 18.2. The Balaban J connectivity index is 1.58. The van der Waals surface area contributed by atoms with E-state index in [4.69, 9.17) is 5.73 Å². The fourth-order valence-corrected chi connectivity index (χ4v) is 3.81. The summed E-state index contributed by atoms with van der Waals surface area (Å²) in [5.74, 6) is 0.411. The molecule has 3 aromatic rings. The maximum atomic E-state index is 12.5. The Morgan fingerprint density at radius 2 is 1.96 bits per heavy atom. The lowest BCUT2D eigenvalue weighted by Crippen LogP contribution is -2.33. The van der Waals surface area contributed by atoms with E-state index in [0.717, 1.165) is 25.9 Å². The number of benzene rings is 1. The van der Waals surface area contributed by atoms with Gasteiger partial charge in [-0.15, -0.1) is 0 Å². The quantitative estimate of drug-likeness (QED) is 0.636. The van der Waals surface area contributed by atoms with E-state index < -0.39 is 0 Å². The summed E-state index contributed by atoms with van der Waals surface area (Å²) in [5.41, 5.74) is 8.03. The van der Waals surface area contributed by atoms with Gasteiger partial charge in [-0.25, -0.2) is 4.98 Å². The molecule has 1 saturated heterocycles. The number of hydrogen-bond acceptors (Lipinski definition) is 5. The molecule has 1 fully saturated rings. The summed E-state index contributed by atoms with van der Waals surface area (Å²) >= 11 is 0. The molecule has 2 aromatic heterocycles. The third kappa shape index (κ3) is 3.89. The second-order valence-corrected chi connectivity index (χ2v) is 7.04. The van der Waals surface area contributed by atoms with Crippen LogP contribution in [0.15, 0.2) is 61.1 Å². The molecule has 28 heavy (non-hydrogen) atoms. The van der Waals surface area contributed by atoms with E-state index >= 15 is 0 Å². The van der Waals surface area contributed by atoms with Gasteiger partial charge in [0.2, 0.25) is 0 Å². The first-order valence-corrected chi connectivity index (χ1v) is 9.54. The molecule has 3 heterocycles. The number of hydrogen-bond donors (Lipinski definition) is 3. The maximum absolute atomic E-state index is 12.5. The summed E-state index contributed by atoms with van der Waals surface area (Å²) in [5, 5.41) is 10.9. The molecule has 1 aliphatic rings. The van der Waals surface area contributed by atoms with Crippen molar-refractivity contribution in [2.45, 2.75) is 18.9 Å². The number of pyridine rings is 1. The number of rotatable bonds is 5. The minimum absolute atomic E-state index is 0.136. The van der Waals surface area contributed by atoms with E-state index in [1.165, 1.54) is 5.56 Å². The minimum Gasteiger partial charge on any atom is -0.383 e. The molecule has 0 aliphatic carbocycles. The van der Waals surface area contributed by atoms with Crippen molar-refractivity contribution in [3.63, 3.8) is 0 Å². The molecule has 4 N–H and O–H groups in total. The van der Waals surface area contributed by atoms with Crippen molar-refractivity contribution in [3.05, 3.63) is 72.2 Å². The Morgan fingerprint density at radius 3 is 2.71 bits per heavy atom. The van der Waals surface area contributed by atoms with E-state index in [1.54, 1.807) is 24.5 Å². The van der Waals surface area contributed by atoms with E-state index in [2.05, 4.69) is 45.0 Å². The summed E-state index contributed by atoms with van der Waals surface area (Å²) in [6, 6.07) is 13.9. The first-order chi connectivity index (χ1) is 13.7. The van der Waals surface area contributed by atoms with Crippen LogP contribution in [0.5, 0.6) is 0 Å². The minimum atomic E-state index is -0.289. The van der Waals surface area contributed by atoms with Crippen LogP contribution in [-0.4, -0.2) is 33.8 Å². The lowest BCUT2D eigenvalue weighted by molar-refractivity contribution is 0.102. The van der Waals surface area contributed by atoms with Gasteiger partial charge in [0.15, 0.2) is 0 Å². The van der Waals surface area contributed by atoms with Crippen molar-refractivity contribution in [2.24, 2.45) is 5.92 Å². The molecule has 1 aliphatic heterocycles. The highest BCUT2D eigenvalue weighted by Gasteiger charge is 2.27. The van der Waals surface area contributed by atoms with Crippen LogP contribution in [0.2, 0.25) is 0 Å². The van der Waals surface area contributed by atoms with Crippen LogP contribution < -0.4 is 16.4 Å². The van der Waals surface area contributed by atoms with Gasteiger partial charge in [0.25, 0.3) is 5.91 Å². The molecular weight excluding hydrogens is 352 g/mol. The van der Waals surface area contributed by atoms with Gasteiger partial charge in [-0.05, 0) is 49.5 Å². The molecule has 0 spiro atoms. The summed E-state index contributed by atoms with van der Waals surface area (Å²) in [6.07, 6.45) is 7.32. The highest BCUT2D eigenvalue weighted by molar-refractivity contribution is 6.07. The van der Waals surface area contributed by atoms with Gasteiger partial charge >= 0.3 is 0 Å². The normalized spacial score (nSPS) is 15.9. The number of piperidine rings is 1. The fraction of sp³-hybridized carbons (Fsp3) is 0.286. The Morgan fingerprint density at radius 1 is 1.18 bits per heavy atom. The zero-order chi connectivity index (χ0) is 19.3. The predicted octanol–water partition coefficient (Wildman–Crippen LogP) is 2.70. The Bertz CT molecular complexity index is 933. The molecule has 0 radical (unpaired) electrons. The first-order valence-electron chi connectivity index (χ1n) is 9.54. The molecule has 7 heteroatoms. The molecular formula is C21H24N6O. The monoisotopic (exact) mass is 376 g/mol. The van der Waals surface area contributed by atoms with Crippen LogP contribution in [0.1, 0.15) is 34.8 Å². The molecule has 0 bridgehead atoms. The van der Waals surface area contributed by atoms with Gasteiger partial charge < -0.3 is 16.4 Å². The SMILES string of the molecule is Nc1ncccc1C(=O)Nc1cnn(C(c2ccccc2)C2CCNCC2)c1. The van der Waals surface area contributed by atoms with Crippen molar-refractivity contribution >= 4 is 17.4 Å². The topological polar surface area (TPSA) is 97.9 Å². The summed E-state index contributed by atoms with van der Waals surface area (Å²) in [7, 11) is 0. The van der Waals surface area contributed by atoms with Gasteiger partial charge in [0, 0.05) is 12.4 Å². The van der Waals surface area contributed by atoms with E-state index in [0.29, 0.717) is 17.2 Å². The van der Waals surface area contributed by atoms with Crippen LogP contribution in [0, 0.1) is 5.92 Å². The van der Waals surface area contributed by atoms with Crippen LogP contribution in [-0.2, 0) is 0 Å². The molecule has 1 aromatic carbocycles. The van der Waals surface area contributed by atoms with Gasteiger partial charge in [-0.3, -0.25) is 9.48 Å². The molecule has 4 rings (SSSR count). The standard InChI is InChI=1S/C21H24N6O/c22-20-18(7-4-10-24-20)21(28)26-17-13-25-27(14-17)19(15-5-2-1-3-6-15)16-8-11-23-12-9-16/h1-7,10,13-14,16,19,23H,8-9,11-12H2,(H2,22,24)(H,26,28). The summed E-state index contributed by atoms with van der Waals surface area (Å²) in [4.78, 5) is 16.5. The zero-order valence-corrected chi connectivity index (χ0v) is 15.6. The maximum Gasteiger partial charge on any atom is 0.259 e. The fourth-order valence-electron chi connectivity index (χ4n) is 3.81. The molecule has 1 atom stereocenters. The summed E-state index contributed by atoms with van der Waals surface area (Å²) < 4.78 is 1.97. The number of carbonyl (C=O) groups excluding carboxylic acids is 1. The van der Waals surface area contributed by atoms with E-state index in [9.17, 15) is 4.79 Å².